The van der Waals surface area contributed by atoms with E-state index in [1.165, 1.54) is 27.9 Å². The summed E-state index contributed by atoms with van der Waals surface area (Å²) in [6.45, 7) is 0. The van der Waals surface area contributed by atoms with Gasteiger partial charge in [0.1, 0.15) is 5.69 Å². The fraction of sp³-hybridized carbons (Fsp3) is 0.0909. The Morgan fingerprint density at radius 2 is 1.88 bits per heavy atom. The zero-order valence-corrected chi connectivity index (χ0v) is 14.9. The number of thiophene rings is 1. The van der Waals surface area contributed by atoms with Gasteiger partial charge in [0.2, 0.25) is 0 Å². The second-order valence-electron chi connectivity index (χ2n) is 6.57. The Labute approximate surface area is 156 Å². The third-order valence-corrected chi connectivity index (χ3v) is 5.82. The van der Waals surface area contributed by atoms with E-state index in [0.29, 0.717) is 0 Å². The van der Waals surface area contributed by atoms with Crippen LogP contribution in [0.2, 0.25) is 0 Å². The largest absolute Gasteiger partial charge is 0.281 e. The summed E-state index contributed by atoms with van der Waals surface area (Å²) in [7, 11) is 0. The maximum Gasteiger partial charge on any atom is 0.100 e. The summed E-state index contributed by atoms with van der Waals surface area (Å²) in [6, 6.07) is 16.9. The number of aromatic nitrogens is 3. The van der Waals surface area contributed by atoms with E-state index in [9.17, 15) is 0 Å². The highest BCUT2D eigenvalue weighted by Gasteiger charge is 2.36. The van der Waals surface area contributed by atoms with Crippen molar-refractivity contribution in [1.82, 2.24) is 15.2 Å². The second-order valence-corrected chi connectivity index (χ2v) is 7.35. The molecule has 5 rings (SSSR count). The van der Waals surface area contributed by atoms with Gasteiger partial charge < -0.3 is 0 Å². The molecule has 3 heterocycles. The molecule has 3 nitrogen and oxygen atoms in total. The molecule has 0 bridgehead atoms. The first-order valence-electron chi connectivity index (χ1n) is 8.62. The predicted octanol–water partition coefficient (Wildman–Crippen LogP) is 5.09. The molecular weight excluding hydrogens is 338 g/mol. The van der Waals surface area contributed by atoms with Crippen LogP contribution in [0.4, 0.5) is 0 Å². The van der Waals surface area contributed by atoms with Crippen LogP contribution in [-0.2, 0) is 11.8 Å². The van der Waals surface area contributed by atoms with Gasteiger partial charge in [0.15, 0.2) is 0 Å². The Morgan fingerprint density at radius 1 is 1.00 bits per heavy atom. The lowest BCUT2D eigenvalue weighted by molar-refractivity contribution is 0.618. The lowest BCUT2D eigenvalue weighted by Gasteiger charge is -2.34. The molecule has 1 N–H and O–H groups in total. The molecule has 0 saturated carbocycles. The van der Waals surface area contributed by atoms with E-state index >= 15 is 0 Å². The van der Waals surface area contributed by atoms with Crippen molar-refractivity contribution in [2.24, 2.45) is 0 Å². The first-order valence-corrected chi connectivity index (χ1v) is 9.56. The first kappa shape index (κ1) is 15.3. The summed E-state index contributed by atoms with van der Waals surface area (Å²) in [4.78, 5) is 4.37. The minimum atomic E-state index is -0.235. The number of nitrogens with one attached hydrogen (secondary N) is 1. The molecule has 4 heteroatoms. The van der Waals surface area contributed by atoms with Gasteiger partial charge in [0, 0.05) is 46.4 Å². The van der Waals surface area contributed by atoms with E-state index in [1.54, 1.807) is 11.3 Å². The fourth-order valence-corrected chi connectivity index (χ4v) is 4.45. The highest BCUT2D eigenvalue weighted by Crippen LogP contribution is 2.42. The summed E-state index contributed by atoms with van der Waals surface area (Å²) in [5.74, 6) is 0. The molecule has 3 aromatic heterocycles. The molecule has 0 aliphatic heterocycles. The molecule has 0 fully saturated rings. The van der Waals surface area contributed by atoms with Crippen molar-refractivity contribution >= 4 is 17.4 Å². The van der Waals surface area contributed by atoms with E-state index in [1.807, 2.05) is 18.5 Å². The molecule has 0 radical (unpaired) electrons. The molecule has 4 aromatic rings. The van der Waals surface area contributed by atoms with Gasteiger partial charge in [-0.2, -0.15) is 16.4 Å². The number of H-pyrrole nitrogens is 1. The molecule has 1 atom stereocenters. The third-order valence-electron chi connectivity index (χ3n) is 5.13. The number of nitrogens with zero attached hydrogens (tertiary/aromatic N) is 2. The van der Waals surface area contributed by atoms with Crippen LogP contribution in [0.15, 0.2) is 77.8 Å². The van der Waals surface area contributed by atoms with Crippen LogP contribution < -0.4 is 0 Å². The lowest BCUT2D eigenvalue weighted by Crippen LogP contribution is -2.30. The van der Waals surface area contributed by atoms with Crippen LogP contribution in [0.5, 0.6) is 0 Å². The smallest absolute Gasteiger partial charge is 0.100 e. The standard InChI is InChI=1S/C22H17N3S/c1-2-5-17(6-3-1)22(18-7-4-11-23-14-18)10-8-19-20(13-22)24-25-21(19)16-9-12-26-15-16/h1-12,14-15H,13H2,(H,24,25). The zero-order chi connectivity index (χ0) is 17.4. The number of rotatable bonds is 3. The molecule has 0 amide bonds. The van der Waals surface area contributed by atoms with Crippen LogP contribution in [0.25, 0.3) is 17.3 Å². The summed E-state index contributed by atoms with van der Waals surface area (Å²) >= 11 is 1.70. The molecule has 1 aliphatic carbocycles. The molecule has 0 saturated heterocycles. The van der Waals surface area contributed by atoms with Crippen LogP contribution in [0.1, 0.15) is 22.4 Å². The lowest BCUT2D eigenvalue weighted by atomic mass is 9.69. The Kier molecular flexibility index (Phi) is 3.57. The number of hydrogen-bond acceptors (Lipinski definition) is 3. The maximum absolute atomic E-state index is 4.61. The van der Waals surface area contributed by atoms with Crippen LogP contribution in [0, 0.1) is 0 Å². The van der Waals surface area contributed by atoms with Crippen molar-refractivity contribution in [3.05, 3.63) is 100 Å². The van der Waals surface area contributed by atoms with E-state index in [-0.39, 0.29) is 5.41 Å². The zero-order valence-electron chi connectivity index (χ0n) is 14.1. The van der Waals surface area contributed by atoms with Crippen LogP contribution in [-0.4, -0.2) is 15.2 Å². The van der Waals surface area contributed by atoms with Gasteiger partial charge >= 0.3 is 0 Å². The summed E-state index contributed by atoms with van der Waals surface area (Å²) in [6.07, 6.45) is 9.16. The van der Waals surface area contributed by atoms with Gasteiger partial charge in [-0.1, -0.05) is 48.6 Å². The molecule has 1 aliphatic rings. The van der Waals surface area contributed by atoms with Crippen molar-refractivity contribution in [2.45, 2.75) is 11.8 Å². The van der Waals surface area contributed by atoms with Crippen molar-refractivity contribution in [3.63, 3.8) is 0 Å². The third kappa shape index (κ3) is 2.34. The molecular formula is C22H17N3S. The number of pyridine rings is 1. The number of aromatic amines is 1. The maximum atomic E-state index is 4.61. The highest BCUT2D eigenvalue weighted by atomic mass is 32.1. The average Bonchev–Trinajstić information content (AvgIpc) is 3.38. The first-order chi connectivity index (χ1) is 12.9. The number of allylic oxidation sites excluding steroid dienone is 1. The van der Waals surface area contributed by atoms with Gasteiger partial charge in [-0.3, -0.25) is 10.1 Å². The van der Waals surface area contributed by atoms with Crippen molar-refractivity contribution in [1.29, 1.82) is 0 Å². The van der Waals surface area contributed by atoms with Crippen LogP contribution >= 0.6 is 11.3 Å². The Bertz CT molecular complexity index is 1010. The Morgan fingerprint density at radius 3 is 2.65 bits per heavy atom. The van der Waals surface area contributed by atoms with Gasteiger partial charge in [0.05, 0.1) is 0 Å². The average molecular weight is 355 g/mol. The van der Waals surface area contributed by atoms with Gasteiger partial charge in [-0.05, 0) is 28.6 Å². The Balaban J connectivity index is 1.67. The van der Waals surface area contributed by atoms with Gasteiger partial charge in [-0.25, -0.2) is 0 Å². The van der Waals surface area contributed by atoms with E-state index < -0.39 is 0 Å². The summed E-state index contributed by atoms with van der Waals surface area (Å²) < 4.78 is 0. The minimum Gasteiger partial charge on any atom is -0.281 e. The van der Waals surface area contributed by atoms with Crippen LogP contribution in [0.3, 0.4) is 0 Å². The molecule has 1 aromatic carbocycles. The van der Waals surface area contributed by atoms with E-state index in [2.05, 4.69) is 80.6 Å². The second kappa shape index (κ2) is 6.07. The van der Waals surface area contributed by atoms with Gasteiger partial charge in [0.25, 0.3) is 0 Å². The normalized spacial score (nSPS) is 18.6. The van der Waals surface area contributed by atoms with Crippen molar-refractivity contribution in [3.8, 4) is 11.3 Å². The molecule has 0 spiro atoms. The fourth-order valence-electron chi connectivity index (χ4n) is 3.81. The predicted molar refractivity (Wildman–Crippen MR) is 106 cm³/mol. The molecule has 26 heavy (non-hydrogen) atoms. The quantitative estimate of drug-likeness (QED) is 0.556. The minimum absolute atomic E-state index is 0.235. The van der Waals surface area contributed by atoms with Crippen molar-refractivity contribution in [2.75, 3.05) is 0 Å². The van der Waals surface area contributed by atoms with E-state index in [0.717, 1.165) is 12.1 Å². The topological polar surface area (TPSA) is 41.6 Å². The SMILES string of the molecule is C1=CC(c2ccccc2)(c2cccnc2)Cc2[nH]nc(-c3ccsc3)c21. The number of fused-ring (bicyclic) bond motifs is 1. The molecule has 1 unspecified atom stereocenters. The summed E-state index contributed by atoms with van der Waals surface area (Å²) in [5, 5.41) is 12.1. The molecule has 126 valence electrons. The number of hydrogen-bond donors (Lipinski definition) is 1. The van der Waals surface area contributed by atoms with Crippen molar-refractivity contribution < 1.29 is 0 Å². The number of benzene rings is 1. The monoisotopic (exact) mass is 355 g/mol. The summed E-state index contributed by atoms with van der Waals surface area (Å²) in [5.41, 5.74) is 6.79. The highest BCUT2D eigenvalue weighted by molar-refractivity contribution is 7.08. The Hall–Kier alpha value is -2.98. The van der Waals surface area contributed by atoms with Gasteiger partial charge in [-0.15, -0.1) is 0 Å². The van der Waals surface area contributed by atoms with E-state index in [4.69, 9.17) is 0 Å².